The van der Waals surface area contributed by atoms with Gasteiger partial charge in [-0.3, -0.25) is 20.4 Å². The number of nitrogens with one attached hydrogen (secondary N) is 3. The number of carbonyl (C=O) groups is 2. The number of halogens is 3. The molecule has 0 spiro atoms. The van der Waals surface area contributed by atoms with Gasteiger partial charge in [-0.15, -0.1) is 0 Å². The molecule has 3 N–H and O–H groups in total. The van der Waals surface area contributed by atoms with Gasteiger partial charge in [0, 0.05) is 6.42 Å². The first-order chi connectivity index (χ1) is 9.25. The topological polar surface area (TPSA) is 70.2 Å². The molecule has 0 radical (unpaired) electrons. The van der Waals surface area contributed by atoms with E-state index < -0.39 is 29.4 Å². The second-order valence-electron chi connectivity index (χ2n) is 4.07. The van der Waals surface area contributed by atoms with E-state index >= 15 is 0 Å². The van der Waals surface area contributed by atoms with Crippen LogP contribution >= 0.6 is 0 Å². The van der Waals surface area contributed by atoms with E-state index in [1.54, 1.807) is 0 Å². The Hall–Kier alpha value is -2.25. The van der Waals surface area contributed by atoms with Crippen molar-refractivity contribution in [2.75, 3.05) is 0 Å². The number of hydrogen-bond acceptors (Lipinski definition) is 3. The fraction of sp³-hybridized carbons (Fsp3) is 0.333. The van der Waals surface area contributed by atoms with Crippen LogP contribution in [-0.2, 0) is 9.59 Å². The van der Waals surface area contributed by atoms with Crippen LogP contribution in [0.15, 0.2) is 36.6 Å². The summed E-state index contributed by atoms with van der Waals surface area (Å²) in [6.45, 7) is 6.19. The molecule has 8 heteroatoms. The van der Waals surface area contributed by atoms with Crippen molar-refractivity contribution >= 4 is 11.8 Å². The van der Waals surface area contributed by atoms with Gasteiger partial charge in [-0.2, -0.15) is 13.2 Å². The van der Waals surface area contributed by atoms with Gasteiger partial charge in [0.2, 0.25) is 5.91 Å². The summed E-state index contributed by atoms with van der Waals surface area (Å²) in [5, 5.41) is 2.39. The fourth-order valence-electron chi connectivity index (χ4n) is 1.52. The largest absolute Gasteiger partial charge is 0.417 e. The van der Waals surface area contributed by atoms with E-state index in [0.717, 1.165) is 12.2 Å². The van der Waals surface area contributed by atoms with E-state index in [1.807, 2.05) is 0 Å². The van der Waals surface area contributed by atoms with Crippen molar-refractivity contribution in [3.8, 4) is 0 Å². The van der Waals surface area contributed by atoms with Crippen molar-refractivity contribution in [2.45, 2.75) is 25.1 Å². The van der Waals surface area contributed by atoms with Crippen LogP contribution in [0.4, 0.5) is 13.2 Å². The van der Waals surface area contributed by atoms with Crippen LogP contribution < -0.4 is 16.2 Å². The number of rotatable bonds is 5. The van der Waals surface area contributed by atoms with Gasteiger partial charge in [0.1, 0.15) is 6.04 Å². The van der Waals surface area contributed by atoms with Crippen molar-refractivity contribution in [1.82, 2.24) is 16.2 Å². The summed E-state index contributed by atoms with van der Waals surface area (Å²) >= 11 is 0. The summed E-state index contributed by atoms with van der Waals surface area (Å²) in [6, 6.07) is -0.751. The summed E-state index contributed by atoms with van der Waals surface area (Å²) in [6.07, 6.45) is -1.96. The maximum atomic E-state index is 12.5. The Kier molecular flexibility index (Phi) is 4.95. The zero-order valence-electron chi connectivity index (χ0n) is 10.5. The van der Waals surface area contributed by atoms with E-state index in [0.29, 0.717) is 6.42 Å². The highest BCUT2D eigenvalue weighted by molar-refractivity contribution is 5.90. The Bertz CT molecular complexity index is 469. The Morgan fingerprint density at radius 3 is 2.50 bits per heavy atom. The molecule has 0 saturated carbocycles. The normalized spacial score (nSPS) is 19.2. The van der Waals surface area contributed by atoms with Crippen molar-refractivity contribution in [1.29, 1.82) is 0 Å². The molecule has 1 unspecified atom stereocenters. The van der Waals surface area contributed by atoms with Crippen LogP contribution in [0.3, 0.4) is 0 Å². The lowest BCUT2D eigenvalue weighted by Crippen LogP contribution is -2.47. The summed E-state index contributed by atoms with van der Waals surface area (Å²) in [5.41, 5.74) is 2.67. The quantitative estimate of drug-likeness (QED) is 0.524. The Balaban J connectivity index is 2.62. The second kappa shape index (κ2) is 6.27. The maximum absolute atomic E-state index is 12.5. The minimum atomic E-state index is -4.63. The molecule has 1 atom stereocenters. The van der Waals surface area contributed by atoms with Gasteiger partial charge in [-0.1, -0.05) is 19.2 Å². The number of amides is 2. The first-order valence-corrected chi connectivity index (χ1v) is 5.70. The molecule has 1 aliphatic heterocycles. The van der Waals surface area contributed by atoms with Crippen LogP contribution in [0.2, 0.25) is 0 Å². The zero-order valence-corrected chi connectivity index (χ0v) is 10.5. The van der Waals surface area contributed by atoms with Crippen molar-refractivity contribution in [3.63, 3.8) is 0 Å². The molecule has 1 heterocycles. The van der Waals surface area contributed by atoms with Gasteiger partial charge in [-0.05, 0) is 12.5 Å². The number of hydrogen-bond donors (Lipinski definition) is 3. The molecule has 0 aromatic carbocycles. The van der Waals surface area contributed by atoms with E-state index in [2.05, 4.69) is 29.3 Å². The zero-order chi connectivity index (χ0) is 15.3. The molecule has 0 aromatic heterocycles. The van der Waals surface area contributed by atoms with Crippen LogP contribution in [0.5, 0.6) is 0 Å². The standard InChI is InChI=1S/C12H14F3N3O2/c1-3-4-8(7(2)12(13,14)15)17-18-11(20)9-5-6-10(19)16-9/h3-4,9,17H,1-2,5-6H2,(H,16,19)(H,18,20)/b8-4+. The Morgan fingerprint density at radius 1 is 1.40 bits per heavy atom. The third-order valence-corrected chi connectivity index (χ3v) is 2.58. The monoisotopic (exact) mass is 289 g/mol. The van der Waals surface area contributed by atoms with Crippen molar-refractivity contribution in [2.24, 2.45) is 0 Å². The van der Waals surface area contributed by atoms with E-state index in [-0.39, 0.29) is 12.3 Å². The van der Waals surface area contributed by atoms with E-state index in [1.165, 1.54) is 0 Å². The van der Waals surface area contributed by atoms with Gasteiger partial charge in [0.15, 0.2) is 0 Å². The first-order valence-electron chi connectivity index (χ1n) is 5.70. The third-order valence-electron chi connectivity index (χ3n) is 2.58. The van der Waals surface area contributed by atoms with Gasteiger partial charge in [0.25, 0.3) is 5.91 Å². The summed E-state index contributed by atoms with van der Waals surface area (Å²) in [4.78, 5) is 22.6. The summed E-state index contributed by atoms with van der Waals surface area (Å²) in [5.74, 6) is -0.896. The average molecular weight is 289 g/mol. The summed E-state index contributed by atoms with van der Waals surface area (Å²) in [7, 11) is 0. The predicted octanol–water partition coefficient (Wildman–Crippen LogP) is 1.07. The van der Waals surface area contributed by atoms with Gasteiger partial charge >= 0.3 is 6.18 Å². The molecule has 1 aliphatic rings. The Morgan fingerprint density at radius 2 is 2.05 bits per heavy atom. The molecule has 20 heavy (non-hydrogen) atoms. The minimum Gasteiger partial charge on any atom is -0.344 e. The van der Waals surface area contributed by atoms with Gasteiger partial charge in [-0.25, -0.2) is 0 Å². The number of hydrazine groups is 1. The smallest absolute Gasteiger partial charge is 0.344 e. The lowest BCUT2D eigenvalue weighted by atomic mass is 10.2. The van der Waals surface area contributed by atoms with Gasteiger partial charge < -0.3 is 5.32 Å². The maximum Gasteiger partial charge on any atom is 0.417 e. The number of allylic oxidation sites excluding steroid dienone is 3. The van der Waals surface area contributed by atoms with Crippen LogP contribution in [0.25, 0.3) is 0 Å². The third kappa shape index (κ3) is 4.15. The molecule has 1 fully saturated rings. The molecule has 0 bridgehead atoms. The first kappa shape index (κ1) is 15.8. The van der Waals surface area contributed by atoms with Crippen molar-refractivity contribution in [3.05, 3.63) is 36.6 Å². The predicted molar refractivity (Wildman–Crippen MR) is 65.9 cm³/mol. The van der Waals surface area contributed by atoms with Gasteiger partial charge in [0.05, 0.1) is 11.3 Å². The molecule has 1 saturated heterocycles. The highest BCUT2D eigenvalue weighted by atomic mass is 19.4. The van der Waals surface area contributed by atoms with Crippen molar-refractivity contribution < 1.29 is 22.8 Å². The van der Waals surface area contributed by atoms with E-state index in [9.17, 15) is 22.8 Å². The Labute approximate surface area is 113 Å². The molecule has 110 valence electrons. The molecule has 0 aromatic rings. The lowest BCUT2D eigenvalue weighted by molar-refractivity contribution is -0.126. The number of alkyl halides is 3. The molecule has 5 nitrogen and oxygen atoms in total. The molecular formula is C12H14F3N3O2. The average Bonchev–Trinajstić information content (AvgIpc) is 2.79. The van der Waals surface area contributed by atoms with E-state index in [4.69, 9.17) is 0 Å². The lowest BCUT2D eigenvalue weighted by Gasteiger charge is -2.18. The summed E-state index contributed by atoms with van der Waals surface area (Å²) < 4.78 is 37.5. The number of carbonyl (C=O) groups excluding carboxylic acids is 2. The molecular weight excluding hydrogens is 275 g/mol. The highest BCUT2D eigenvalue weighted by Gasteiger charge is 2.34. The van der Waals surface area contributed by atoms with Crippen LogP contribution in [0, 0.1) is 0 Å². The minimum absolute atomic E-state index is 0.211. The SMILES string of the molecule is C=C/C=C(/NNC(=O)C1CCC(=O)N1)C(=C)C(F)(F)F. The highest BCUT2D eigenvalue weighted by Crippen LogP contribution is 2.28. The molecule has 2 amide bonds. The van der Waals surface area contributed by atoms with Crippen LogP contribution in [0.1, 0.15) is 12.8 Å². The molecule has 0 aliphatic carbocycles. The fourth-order valence-corrected chi connectivity index (χ4v) is 1.52. The molecule has 1 rings (SSSR count). The second-order valence-corrected chi connectivity index (χ2v) is 4.07. The van der Waals surface area contributed by atoms with Crippen LogP contribution in [-0.4, -0.2) is 24.0 Å².